The van der Waals surface area contributed by atoms with Gasteiger partial charge in [0, 0.05) is 10.7 Å². The molecule has 0 atom stereocenters. The van der Waals surface area contributed by atoms with Gasteiger partial charge in [-0.1, -0.05) is 17.7 Å². The second-order valence-electron chi connectivity index (χ2n) is 3.36. The first kappa shape index (κ1) is 8.64. The summed E-state index contributed by atoms with van der Waals surface area (Å²) in [6.45, 7) is 0. The van der Waals surface area contributed by atoms with Crippen LogP contribution in [0.4, 0.5) is 5.69 Å². The Morgan fingerprint density at radius 1 is 1.31 bits per heavy atom. The summed E-state index contributed by atoms with van der Waals surface area (Å²) < 4.78 is 0. The second-order valence-corrected chi connectivity index (χ2v) is 3.77. The Kier molecular flexibility index (Phi) is 2.28. The van der Waals surface area contributed by atoms with E-state index in [0.29, 0.717) is 0 Å². The van der Waals surface area contributed by atoms with E-state index in [1.54, 1.807) is 0 Å². The largest absolute Gasteiger partial charge is 0.399 e. The molecule has 0 amide bonds. The number of hydrogen-bond acceptors (Lipinski definition) is 1. The molecule has 0 saturated carbocycles. The molecule has 1 aliphatic carbocycles. The van der Waals surface area contributed by atoms with E-state index in [-0.39, 0.29) is 0 Å². The Balaban J connectivity index is 2.43. The lowest BCUT2D eigenvalue weighted by Crippen LogP contribution is -1.88. The maximum Gasteiger partial charge on any atom is 0.0482 e. The predicted molar refractivity (Wildman–Crippen MR) is 57.7 cm³/mol. The van der Waals surface area contributed by atoms with Crippen LogP contribution in [-0.4, -0.2) is 0 Å². The minimum Gasteiger partial charge on any atom is -0.399 e. The Labute approximate surface area is 83.2 Å². The summed E-state index contributed by atoms with van der Waals surface area (Å²) in [5.41, 5.74) is 8.95. The van der Waals surface area contributed by atoms with Crippen LogP contribution < -0.4 is 5.73 Å². The van der Waals surface area contributed by atoms with Crippen molar-refractivity contribution < 1.29 is 0 Å². The predicted octanol–water partition coefficient (Wildman–Crippen LogP) is 3.49. The second kappa shape index (κ2) is 3.43. The number of hydrogen-bond donors (Lipinski definition) is 1. The third-order valence-electron chi connectivity index (χ3n) is 2.38. The van der Waals surface area contributed by atoms with Crippen molar-refractivity contribution in [3.8, 4) is 0 Å². The Hall–Kier alpha value is -0.950. The van der Waals surface area contributed by atoms with Gasteiger partial charge in [0.05, 0.1) is 0 Å². The van der Waals surface area contributed by atoms with Gasteiger partial charge in [0.25, 0.3) is 0 Å². The van der Waals surface area contributed by atoms with Crippen molar-refractivity contribution in [3.05, 3.63) is 34.9 Å². The van der Waals surface area contributed by atoms with Crippen LogP contribution >= 0.6 is 11.6 Å². The molecule has 0 fully saturated rings. The zero-order chi connectivity index (χ0) is 9.26. The highest BCUT2D eigenvalue weighted by Gasteiger charge is 2.10. The third kappa shape index (κ3) is 1.70. The quantitative estimate of drug-likeness (QED) is 0.679. The number of nitrogen functional groups attached to an aromatic ring is 1. The van der Waals surface area contributed by atoms with E-state index < -0.39 is 0 Å². The number of allylic oxidation sites excluding steroid dienone is 2. The summed E-state index contributed by atoms with van der Waals surface area (Å²) in [5.74, 6) is 0. The maximum absolute atomic E-state index is 6.08. The molecule has 2 N–H and O–H groups in total. The molecular weight excluding hydrogens is 182 g/mol. The molecule has 1 aromatic rings. The average molecular weight is 194 g/mol. The number of nitrogens with two attached hydrogens (primary N) is 1. The van der Waals surface area contributed by atoms with Gasteiger partial charge in [-0.15, -0.1) is 0 Å². The molecule has 0 spiro atoms. The number of halogens is 1. The molecule has 2 rings (SSSR count). The molecule has 68 valence electrons. The minimum atomic E-state index is 0.784. The molecule has 1 aliphatic rings. The van der Waals surface area contributed by atoms with Gasteiger partial charge >= 0.3 is 0 Å². The summed E-state index contributed by atoms with van der Waals surface area (Å²) >= 11 is 6.08. The standard InChI is InChI=1S/C11H12ClN/c12-11-6-5-9(13)7-10(11)8-3-1-2-4-8/h3,5-7H,1-2,4,13H2. The van der Waals surface area contributed by atoms with Crippen LogP contribution in [0.15, 0.2) is 24.3 Å². The van der Waals surface area contributed by atoms with Gasteiger partial charge in [0.15, 0.2) is 0 Å². The highest BCUT2D eigenvalue weighted by molar-refractivity contribution is 6.32. The fraction of sp³-hybridized carbons (Fsp3) is 0.273. The van der Waals surface area contributed by atoms with Crippen LogP contribution in [0.5, 0.6) is 0 Å². The molecule has 0 aliphatic heterocycles. The van der Waals surface area contributed by atoms with Crippen LogP contribution in [0, 0.1) is 0 Å². The molecule has 13 heavy (non-hydrogen) atoms. The van der Waals surface area contributed by atoms with Crippen LogP contribution in [-0.2, 0) is 0 Å². The molecule has 1 aromatic carbocycles. The summed E-state index contributed by atoms with van der Waals surface area (Å²) in [5, 5.41) is 0.808. The molecule has 1 nitrogen and oxygen atoms in total. The lowest BCUT2D eigenvalue weighted by Gasteiger charge is -2.05. The SMILES string of the molecule is Nc1ccc(Cl)c(C2=CCCC2)c1. The van der Waals surface area contributed by atoms with E-state index in [2.05, 4.69) is 6.08 Å². The first-order valence-corrected chi connectivity index (χ1v) is 4.89. The van der Waals surface area contributed by atoms with Crippen LogP contribution in [0.3, 0.4) is 0 Å². The van der Waals surface area contributed by atoms with Crippen molar-refractivity contribution in [2.24, 2.45) is 0 Å². The fourth-order valence-corrected chi connectivity index (χ4v) is 1.94. The first-order chi connectivity index (χ1) is 6.27. The summed E-state index contributed by atoms with van der Waals surface area (Å²) in [4.78, 5) is 0. The average Bonchev–Trinajstić information content (AvgIpc) is 2.61. The van der Waals surface area contributed by atoms with Gasteiger partial charge in [0.1, 0.15) is 0 Å². The molecule has 0 radical (unpaired) electrons. The van der Waals surface area contributed by atoms with E-state index in [1.807, 2.05) is 18.2 Å². The van der Waals surface area contributed by atoms with E-state index in [4.69, 9.17) is 17.3 Å². The Morgan fingerprint density at radius 3 is 2.85 bits per heavy atom. The van der Waals surface area contributed by atoms with Crippen LogP contribution in [0.25, 0.3) is 5.57 Å². The first-order valence-electron chi connectivity index (χ1n) is 4.52. The highest BCUT2D eigenvalue weighted by atomic mass is 35.5. The number of rotatable bonds is 1. The van der Waals surface area contributed by atoms with E-state index in [0.717, 1.165) is 22.7 Å². The van der Waals surface area contributed by atoms with Gasteiger partial charge in [-0.05, 0) is 48.6 Å². The van der Waals surface area contributed by atoms with E-state index in [9.17, 15) is 0 Å². The Bertz CT molecular complexity index is 355. The summed E-state index contributed by atoms with van der Waals surface area (Å²) in [6.07, 6.45) is 5.78. The summed E-state index contributed by atoms with van der Waals surface area (Å²) in [6, 6.07) is 5.66. The molecule has 0 aromatic heterocycles. The fourth-order valence-electron chi connectivity index (χ4n) is 1.70. The normalized spacial score (nSPS) is 15.9. The molecule has 0 heterocycles. The van der Waals surface area contributed by atoms with Gasteiger partial charge in [-0.25, -0.2) is 0 Å². The lowest BCUT2D eigenvalue weighted by molar-refractivity contribution is 0.935. The highest BCUT2D eigenvalue weighted by Crippen LogP contribution is 2.33. The van der Waals surface area contributed by atoms with Gasteiger partial charge < -0.3 is 5.73 Å². The van der Waals surface area contributed by atoms with Crippen molar-refractivity contribution in [1.82, 2.24) is 0 Å². The van der Waals surface area contributed by atoms with Crippen molar-refractivity contribution in [3.63, 3.8) is 0 Å². The van der Waals surface area contributed by atoms with Crippen molar-refractivity contribution in [1.29, 1.82) is 0 Å². The summed E-state index contributed by atoms with van der Waals surface area (Å²) in [7, 11) is 0. The molecule has 2 heteroatoms. The van der Waals surface area contributed by atoms with Crippen LogP contribution in [0.1, 0.15) is 24.8 Å². The number of anilines is 1. The molecule has 0 unspecified atom stereocenters. The maximum atomic E-state index is 6.08. The molecule has 0 bridgehead atoms. The van der Waals surface area contributed by atoms with Gasteiger partial charge in [0.2, 0.25) is 0 Å². The van der Waals surface area contributed by atoms with E-state index >= 15 is 0 Å². The zero-order valence-corrected chi connectivity index (χ0v) is 8.14. The monoisotopic (exact) mass is 193 g/mol. The topological polar surface area (TPSA) is 26.0 Å². The minimum absolute atomic E-state index is 0.784. The van der Waals surface area contributed by atoms with Gasteiger partial charge in [-0.3, -0.25) is 0 Å². The third-order valence-corrected chi connectivity index (χ3v) is 2.71. The van der Waals surface area contributed by atoms with Crippen molar-refractivity contribution >= 4 is 22.9 Å². The van der Waals surface area contributed by atoms with Gasteiger partial charge in [-0.2, -0.15) is 0 Å². The molecular formula is C11H12ClN. The van der Waals surface area contributed by atoms with Crippen molar-refractivity contribution in [2.45, 2.75) is 19.3 Å². The molecule has 0 saturated heterocycles. The number of benzene rings is 1. The Morgan fingerprint density at radius 2 is 2.15 bits per heavy atom. The lowest BCUT2D eigenvalue weighted by atomic mass is 10.1. The van der Waals surface area contributed by atoms with Crippen molar-refractivity contribution in [2.75, 3.05) is 5.73 Å². The van der Waals surface area contributed by atoms with E-state index in [1.165, 1.54) is 18.4 Å². The zero-order valence-electron chi connectivity index (χ0n) is 7.39. The smallest absolute Gasteiger partial charge is 0.0482 e. The van der Waals surface area contributed by atoms with Crippen LogP contribution in [0.2, 0.25) is 5.02 Å².